The van der Waals surface area contributed by atoms with E-state index in [1.54, 1.807) is 0 Å². The minimum Gasteiger partial charge on any atom is -0.184 e. The van der Waals surface area contributed by atoms with Gasteiger partial charge in [0, 0.05) is 0 Å². The molecule has 12 aromatic carbocycles. The number of halogens is 2. The fourth-order valence-electron chi connectivity index (χ4n) is 7.05. The maximum absolute atomic E-state index is 3.06. The molecule has 12 aromatic rings. The van der Waals surface area contributed by atoms with E-state index in [0.717, 1.165) is 0 Å². The Balaban J connectivity index is 0.000000395. The van der Waals surface area contributed by atoms with Gasteiger partial charge in [0.1, 0.15) is 0 Å². The van der Waals surface area contributed by atoms with E-state index in [4.69, 9.17) is 0 Å². The molecule has 0 fully saturated rings. The van der Waals surface area contributed by atoms with Crippen molar-refractivity contribution in [3.63, 3.8) is 0 Å². The molecule has 0 aliphatic rings. The number of benzene rings is 8. The fraction of sp³-hybridized carbons (Fsp3) is 0.0333. The Morgan fingerprint density at radius 1 is 0.364 bits per heavy atom. The van der Waals surface area contributed by atoms with E-state index in [1.165, 1.54) is 122 Å². The van der Waals surface area contributed by atoms with Crippen molar-refractivity contribution in [1.82, 2.24) is 0 Å². The van der Waals surface area contributed by atoms with Crippen molar-refractivity contribution in [3.05, 3.63) is 281 Å². The summed E-state index contributed by atoms with van der Waals surface area (Å²) in [7, 11) is 0. The third-order valence-corrected chi connectivity index (χ3v) is 9.83. The molecule has 4 radical (unpaired) electrons. The molecule has 66 heavy (non-hydrogen) atoms. The first-order valence-corrected chi connectivity index (χ1v) is 28.6. The number of hydrogen-bond acceptors (Lipinski definition) is 0. The topological polar surface area (TPSA) is 0 Å². The Bertz CT molecular complexity index is 2770. The SMILES string of the molecule is Cc1cc2ccc3ccccc3c2[cH-]1.Cc1cc2ccc3ccccc3c2[cH-]1.Cl.Cl.[CH3-].[CH3-].[Si]=[Zr].[Si]=[Zr].[c-]1ccccc1.[c-]1ccccc1.c1ccc2[cH-]ccc2c1.c1ccc2[cH-]ccc2c1. The summed E-state index contributed by atoms with van der Waals surface area (Å²) in [5.41, 5.74) is 2.69. The van der Waals surface area contributed by atoms with Crippen LogP contribution in [0.1, 0.15) is 11.1 Å². The van der Waals surface area contributed by atoms with Gasteiger partial charge in [0.15, 0.2) is 0 Å². The summed E-state index contributed by atoms with van der Waals surface area (Å²) in [6.45, 7) is 10.4. The van der Waals surface area contributed by atoms with Crippen LogP contribution in [0.5, 0.6) is 0 Å². The maximum atomic E-state index is 3.06. The smallest absolute Gasteiger partial charge is 0.0809 e. The van der Waals surface area contributed by atoms with Gasteiger partial charge < -0.3 is 14.9 Å². The fourth-order valence-corrected chi connectivity index (χ4v) is 7.05. The third kappa shape index (κ3) is 18.3. The van der Waals surface area contributed by atoms with Gasteiger partial charge in [0.2, 0.25) is 0 Å². The molecule has 0 aliphatic heterocycles. The molecule has 12 rings (SSSR count). The second-order valence-corrected chi connectivity index (χ2v) is 14.1. The molecule has 0 saturated carbocycles. The van der Waals surface area contributed by atoms with E-state index < -0.39 is 0 Å². The zero-order valence-corrected chi connectivity index (χ0v) is 46.5. The Hall–Kier alpha value is -4.50. The van der Waals surface area contributed by atoms with Crippen LogP contribution in [0.15, 0.2) is 243 Å². The van der Waals surface area contributed by atoms with Crippen LogP contribution in [0.2, 0.25) is 0 Å². The van der Waals surface area contributed by atoms with Crippen LogP contribution in [0.3, 0.4) is 0 Å². The van der Waals surface area contributed by atoms with Crippen molar-refractivity contribution in [2.24, 2.45) is 0 Å². The zero-order chi connectivity index (χ0) is 43.8. The second kappa shape index (κ2) is 33.9. The zero-order valence-electron chi connectivity index (χ0n) is 37.9. The molecule has 0 spiro atoms. The first-order valence-electron chi connectivity index (χ1n) is 20.2. The second-order valence-electron chi connectivity index (χ2n) is 14.1. The first-order chi connectivity index (χ1) is 30.6. The molecule has 0 unspecified atom stereocenters. The molecule has 0 nitrogen and oxygen atoms in total. The molecule has 0 bridgehead atoms. The quantitative estimate of drug-likeness (QED) is 0.105. The van der Waals surface area contributed by atoms with E-state index in [9.17, 15) is 0 Å². The molecule has 6 heteroatoms. The predicted octanol–water partition coefficient (Wildman–Crippen LogP) is 17.1. The Morgan fingerprint density at radius 2 is 0.682 bits per heavy atom. The van der Waals surface area contributed by atoms with Crippen molar-refractivity contribution >= 4 is 103 Å². The molecule has 0 saturated heterocycles. The van der Waals surface area contributed by atoms with Gasteiger partial charge in [-0.25, -0.2) is 0 Å². The molecule has 0 heterocycles. The summed E-state index contributed by atoms with van der Waals surface area (Å²) in [6.07, 6.45) is 0. The average molecular weight is 1080 g/mol. The Morgan fingerprint density at radius 3 is 1.00 bits per heavy atom. The maximum Gasteiger partial charge on any atom is -0.0809 e. The van der Waals surface area contributed by atoms with Gasteiger partial charge in [0.25, 0.3) is 0 Å². The van der Waals surface area contributed by atoms with Gasteiger partial charge in [-0.1, -0.05) is 108 Å². The third-order valence-electron chi connectivity index (χ3n) is 9.83. The number of aryl methyl sites for hydroxylation is 2. The molecule has 0 aliphatic carbocycles. The van der Waals surface area contributed by atoms with Crippen LogP contribution in [0, 0.1) is 40.8 Å². The van der Waals surface area contributed by atoms with E-state index in [0.29, 0.717) is 0 Å². The van der Waals surface area contributed by atoms with Gasteiger partial charge in [-0.2, -0.15) is 120 Å². The monoisotopic (exact) mass is 1080 g/mol. The molecular formula is C60H54Cl2Si2Zr2-8. The van der Waals surface area contributed by atoms with Gasteiger partial charge in [-0.15, -0.1) is 141 Å². The molecule has 0 atom stereocenters. The molecule has 0 amide bonds. The van der Waals surface area contributed by atoms with Crippen molar-refractivity contribution in [1.29, 1.82) is 0 Å². The summed E-state index contributed by atoms with van der Waals surface area (Å²) < 4.78 is 0. The van der Waals surface area contributed by atoms with Crippen molar-refractivity contribution in [2.75, 3.05) is 0 Å². The van der Waals surface area contributed by atoms with Crippen molar-refractivity contribution < 1.29 is 46.7 Å². The van der Waals surface area contributed by atoms with Gasteiger partial charge in [0.05, 0.1) is 0 Å². The normalized spacial score (nSPS) is 9.09. The van der Waals surface area contributed by atoms with Crippen LogP contribution < -0.4 is 0 Å². The summed E-state index contributed by atoms with van der Waals surface area (Å²) in [6, 6.07) is 89.2. The predicted molar refractivity (Wildman–Crippen MR) is 292 cm³/mol. The summed E-state index contributed by atoms with van der Waals surface area (Å²) in [4.78, 5) is 0. The van der Waals surface area contributed by atoms with Crippen LogP contribution >= 0.6 is 24.8 Å². The Labute approximate surface area is 440 Å². The minimum atomic E-state index is 0. The number of hydrogen-bond donors (Lipinski definition) is 0. The summed E-state index contributed by atoms with van der Waals surface area (Å²) >= 11 is 2.71. The Kier molecular flexibility index (Phi) is 30.6. The average Bonchev–Trinajstić information content (AvgIpc) is 4.19. The first kappa shape index (κ1) is 59.5. The summed E-state index contributed by atoms with van der Waals surface area (Å²) in [5.74, 6) is 0. The van der Waals surface area contributed by atoms with Crippen LogP contribution in [-0.4, -0.2) is 13.8 Å². The standard InChI is InChI=1S/2C14H11.2C9H7.2C6H5.2CH3.2ClH.2Si.2Zr/c2*1-10-8-12-7-6-11-4-2-3-5-13(11)14(12)9-10;2*1-2-5-9-7-3-6-8(9)4-1;2*1-2-4-6-5-3-1;;;;;;;;/h2*2-9H,1H3;2*1-7H;2*1-5H;2*1H3;2*1H;;;;/q8*-1;;;;;;. The minimum absolute atomic E-state index is 0. The number of rotatable bonds is 0. The molecule has 0 N–H and O–H groups in total. The van der Waals surface area contributed by atoms with Crippen molar-refractivity contribution in [3.8, 4) is 0 Å². The van der Waals surface area contributed by atoms with Crippen LogP contribution in [0.25, 0.3) is 64.6 Å². The van der Waals surface area contributed by atoms with Crippen molar-refractivity contribution in [2.45, 2.75) is 13.8 Å². The van der Waals surface area contributed by atoms with E-state index in [1.807, 2.05) is 60.7 Å². The molecule has 332 valence electrons. The van der Waals surface area contributed by atoms with Gasteiger partial charge in [-0.05, 0) is 0 Å². The molecule has 0 aromatic heterocycles. The molecular weight excluding hydrogens is 1030 g/mol. The summed E-state index contributed by atoms with van der Waals surface area (Å²) in [5, 5.41) is 16.1. The van der Waals surface area contributed by atoms with Crippen LogP contribution in [0.4, 0.5) is 0 Å². The largest absolute Gasteiger partial charge is 0.184 e. The van der Waals surface area contributed by atoms with E-state index in [2.05, 4.69) is 222 Å². The number of fused-ring (bicyclic) bond motifs is 8. The van der Waals surface area contributed by atoms with E-state index in [-0.39, 0.29) is 39.7 Å². The van der Waals surface area contributed by atoms with Gasteiger partial charge in [-0.3, -0.25) is 0 Å². The van der Waals surface area contributed by atoms with Crippen LogP contribution in [-0.2, 0) is 46.7 Å². The van der Waals surface area contributed by atoms with E-state index >= 15 is 0 Å². The van der Waals surface area contributed by atoms with Gasteiger partial charge >= 0.3 is 60.4 Å².